The van der Waals surface area contributed by atoms with Gasteiger partial charge in [-0.25, -0.2) is 4.79 Å². The average Bonchev–Trinajstić information content (AvgIpc) is 2.07. The van der Waals surface area contributed by atoms with Gasteiger partial charge in [-0.2, -0.15) is 0 Å². The van der Waals surface area contributed by atoms with Crippen molar-refractivity contribution in [3.63, 3.8) is 0 Å². The number of hydrogen-bond donors (Lipinski definition) is 0. The molecule has 1 aromatic carbocycles. The topological polar surface area (TPSA) is 26.3 Å². The van der Waals surface area contributed by atoms with Gasteiger partial charge in [-0.1, -0.05) is 25.6 Å². The van der Waals surface area contributed by atoms with Crippen molar-refractivity contribution < 1.29 is 9.53 Å². The first-order valence-corrected chi connectivity index (χ1v) is 3.56. The van der Waals surface area contributed by atoms with Crippen molar-refractivity contribution in [1.29, 1.82) is 0 Å². The molecule has 12 heavy (non-hydrogen) atoms. The van der Waals surface area contributed by atoms with Crippen LogP contribution in [0.1, 0.15) is 24.7 Å². The van der Waals surface area contributed by atoms with Crippen molar-refractivity contribution in [2.45, 2.75) is 14.4 Å². The van der Waals surface area contributed by atoms with Gasteiger partial charge < -0.3 is 4.74 Å². The van der Waals surface area contributed by atoms with Crippen LogP contribution < -0.4 is 0 Å². The molecule has 0 bridgehead atoms. The Labute approximate surface area is 73.2 Å². The average molecular weight is 166 g/mol. The van der Waals surface area contributed by atoms with Gasteiger partial charge in [-0.05, 0) is 19.1 Å². The number of rotatable bonds is 2. The summed E-state index contributed by atoms with van der Waals surface area (Å²) in [5.74, 6) is -0.256. The number of benzene rings is 1. The third kappa shape index (κ3) is 2.74. The minimum atomic E-state index is -0.256. The Morgan fingerprint density at radius 1 is 1.33 bits per heavy atom. The van der Waals surface area contributed by atoms with Gasteiger partial charge in [0.15, 0.2) is 0 Å². The summed E-state index contributed by atoms with van der Waals surface area (Å²) in [5, 5.41) is 0. The lowest BCUT2D eigenvalue weighted by atomic mass is 10.2. The zero-order valence-electron chi connectivity index (χ0n) is 6.41. The van der Waals surface area contributed by atoms with Gasteiger partial charge in [0.25, 0.3) is 0 Å². The summed E-state index contributed by atoms with van der Waals surface area (Å²) in [6.45, 7) is 2.22. The van der Waals surface area contributed by atoms with Crippen molar-refractivity contribution in [3.8, 4) is 0 Å². The van der Waals surface area contributed by atoms with Gasteiger partial charge in [0.05, 0.1) is 12.2 Å². The molecule has 0 N–H and O–H groups in total. The molecule has 0 saturated heterocycles. The highest BCUT2D eigenvalue weighted by Gasteiger charge is 2.02. The Kier molecular flexibility index (Phi) is 4.77. The van der Waals surface area contributed by atoms with Gasteiger partial charge in [0, 0.05) is 0 Å². The number of carbonyl (C=O) groups is 1. The predicted octanol–water partition coefficient (Wildman–Crippen LogP) is 2.50. The summed E-state index contributed by atoms with van der Waals surface area (Å²) in [5.41, 5.74) is 0.606. The van der Waals surface area contributed by atoms with Crippen LogP contribution >= 0.6 is 0 Å². The first-order chi connectivity index (χ1) is 5.34. The third-order valence-electron chi connectivity index (χ3n) is 1.28. The molecule has 66 valence electrons. The van der Waals surface area contributed by atoms with Gasteiger partial charge >= 0.3 is 5.97 Å². The zero-order chi connectivity index (χ0) is 8.10. The van der Waals surface area contributed by atoms with Gasteiger partial charge in [0.1, 0.15) is 0 Å². The van der Waals surface area contributed by atoms with E-state index in [1.807, 2.05) is 18.2 Å². The molecular weight excluding hydrogens is 152 g/mol. The van der Waals surface area contributed by atoms with Crippen molar-refractivity contribution in [3.05, 3.63) is 35.9 Å². The number of esters is 1. The predicted molar refractivity (Wildman–Crippen MR) is 49.1 cm³/mol. The largest absolute Gasteiger partial charge is 0.462 e. The highest BCUT2D eigenvalue weighted by atomic mass is 16.5. The molecule has 0 aliphatic heterocycles. The number of carbonyl (C=O) groups excluding carboxylic acids is 1. The molecule has 0 fully saturated rings. The lowest BCUT2D eigenvalue weighted by Gasteiger charge is -1.99. The molecular formula is C10H14O2. The molecule has 0 saturated carbocycles. The van der Waals surface area contributed by atoms with E-state index >= 15 is 0 Å². The highest BCUT2D eigenvalue weighted by Crippen LogP contribution is 1.99. The lowest BCUT2D eigenvalue weighted by Crippen LogP contribution is -2.03. The maximum Gasteiger partial charge on any atom is 0.338 e. The maximum atomic E-state index is 11.0. The zero-order valence-corrected chi connectivity index (χ0v) is 6.41. The Morgan fingerprint density at radius 2 is 1.92 bits per heavy atom. The first kappa shape index (κ1) is 10.7. The molecule has 0 heterocycles. The fourth-order valence-electron chi connectivity index (χ4n) is 0.789. The van der Waals surface area contributed by atoms with E-state index in [0.29, 0.717) is 12.2 Å². The van der Waals surface area contributed by atoms with Crippen LogP contribution in [0.25, 0.3) is 0 Å². The fraction of sp³-hybridized carbons (Fsp3) is 0.300. The third-order valence-corrected chi connectivity index (χ3v) is 1.28. The van der Waals surface area contributed by atoms with Gasteiger partial charge in [-0.15, -0.1) is 0 Å². The summed E-state index contributed by atoms with van der Waals surface area (Å²) in [6, 6.07) is 8.96. The second-order valence-electron chi connectivity index (χ2n) is 2.09. The van der Waals surface area contributed by atoms with Crippen molar-refractivity contribution in [1.82, 2.24) is 0 Å². The second kappa shape index (κ2) is 5.35. The molecule has 0 amide bonds. The van der Waals surface area contributed by atoms with Crippen molar-refractivity contribution in [2.24, 2.45) is 0 Å². The Bertz CT molecular complexity index is 229. The Morgan fingerprint density at radius 3 is 2.42 bits per heavy atom. The smallest absolute Gasteiger partial charge is 0.338 e. The fourth-order valence-corrected chi connectivity index (χ4v) is 0.789. The van der Waals surface area contributed by atoms with Crippen LogP contribution in [-0.2, 0) is 4.74 Å². The minimum absolute atomic E-state index is 0. The summed E-state index contributed by atoms with van der Waals surface area (Å²) >= 11 is 0. The van der Waals surface area contributed by atoms with E-state index in [-0.39, 0.29) is 13.4 Å². The van der Waals surface area contributed by atoms with Gasteiger partial charge in [0.2, 0.25) is 0 Å². The first-order valence-electron chi connectivity index (χ1n) is 3.56. The molecule has 0 radical (unpaired) electrons. The molecule has 1 aromatic rings. The highest BCUT2D eigenvalue weighted by molar-refractivity contribution is 5.89. The molecule has 0 aliphatic carbocycles. The van der Waals surface area contributed by atoms with Crippen LogP contribution in [-0.4, -0.2) is 12.6 Å². The quantitative estimate of drug-likeness (QED) is 0.631. The summed E-state index contributed by atoms with van der Waals surface area (Å²) in [7, 11) is 0. The Hall–Kier alpha value is -1.31. The van der Waals surface area contributed by atoms with E-state index in [2.05, 4.69) is 0 Å². The SMILES string of the molecule is C.CCOC(=O)c1ccccc1. The standard InChI is InChI=1S/C9H10O2.CH4/c1-2-11-9(10)8-6-4-3-5-7-8;/h3-7H,2H2,1H3;1H4. The number of hydrogen-bond acceptors (Lipinski definition) is 2. The molecule has 0 unspecified atom stereocenters. The molecule has 2 nitrogen and oxygen atoms in total. The lowest BCUT2D eigenvalue weighted by molar-refractivity contribution is 0.0526. The van der Waals surface area contributed by atoms with Crippen LogP contribution in [0.3, 0.4) is 0 Å². The van der Waals surface area contributed by atoms with E-state index in [1.165, 1.54) is 0 Å². The minimum Gasteiger partial charge on any atom is -0.462 e. The monoisotopic (exact) mass is 166 g/mol. The molecule has 0 aliphatic rings. The Balaban J connectivity index is 0.00000121. The van der Waals surface area contributed by atoms with E-state index < -0.39 is 0 Å². The van der Waals surface area contributed by atoms with E-state index in [9.17, 15) is 4.79 Å². The molecule has 0 spiro atoms. The van der Waals surface area contributed by atoms with Gasteiger partial charge in [-0.3, -0.25) is 0 Å². The summed E-state index contributed by atoms with van der Waals surface area (Å²) in [4.78, 5) is 11.0. The summed E-state index contributed by atoms with van der Waals surface area (Å²) < 4.78 is 4.79. The summed E-state index contributed by atoms with van der Waals surface area (Å²) in [6.07, 6.45) is 0. The van der Waals surface area contributed by atoms with E-state index in [0.717, 1.165) is 0 Å². The van der Waals surface area contributed by atoms with E-state index in [1.54, 1.807) is 19.1 Å². The van der Waals surface area contributed by atoms with Crippen LogP contribution in [0.4, 0.5) is 0 Å². The molecule has 0 atom stereocenters. The molecule has 0 aromatic heterocycles. The second-order valence-corrected chi connectivity index (χ2v) is 2.09. The van der Waals surface area contributed by atoms with Crippen LogP contribution in [0.2, 0.25) is 0 Å². The van der Waals surface area contributed by atoms with Crippen molar-refractivity contribution in [2.75, 3.05) is 6.61 Å². The molecule has 2 heteroatoms. The van der Waals surface area contributed by atoms with Crippen LogP contribution in [0.5, 0.6) is 0 Å². The normalized spacial score (nSPS) is 8.42. The number of ether oxygens (including phenoxy) is 1. The maximum absolute atomic E-state index is 11.0. The van der Waals surface area contributed by atoms with Crippen LogP contribution in [0.15, 0.2) is 30.3 Å². The molecule has 1 rings (SSSR count). The van der Waals surface area contributed by atoms with E-state index in [4.69, 9.17) is 4.74 Å². The van der Waals surface area contributed by atoms with Crippen molar-refractivity contribution >= 4 is 5.97 Å². The van der Waals surface area contributed by atoms with Crippen LogP contribution in [0, 0.1) is 0 Å².